The molecule has 5 aliphatic rings. The molecule has 260 valence electrons. The molecule has 1 aliphatic carbocycles. The van der Waals surface area contributed by atoms with Gasteiger partial charge in [-0.1, -0.05) is 30.7 Å². The number of ether oxygens (including phenoxy) is 1. The molecule has 5 fully saturated rings. The van der Waals surface area contributed by atoms with Crippen molar-refractivity contribution in [1.29, 1.82) is 0 Å². The molecule has 10 heteroatoms. The van der Waals surface area contributed by atoms with Crippen LogP contribution in [0.1, 0.15) is 84.1 Å². The maximum atomic E-state index is 15.0. The molecule has 3 amide bonds. The molecule has 0 unspecified atom stereocenters. The first-order valence-electron chi connectivity index (χ1n) is 18.1. The molecule has 1 saturated carbocycles. The summed E-state index contributed by atoms with van der Waals surface area (Å²) in [5.41, 5.74) is 0.994. The fourth-order valence-electron chi connectivity index (χ4n) is 8.71. The Labute approximate surface area is 286 Å². The summed E-state index contributed by atoms with van der Waals surface area (Å²) in [5, 5.41) is 0.677. The van der Waals surface area contributed by atoms with E-state index in [1.54, 1.807) is 0 Å². The zero-order valence-corrected chi connectivity index (χ0v) is 30.0. The van der Waals surface area contributed by atoms with Gasteiger partial charge in [0.15, 0.2) is 0 Å². The van der Waals surface area contributed by atoms with E-state index in [-0.39, 0.29) is 47.2 Å². The second-order valence-electron chi connectivity index (χ2n) is 16.0. The Bertz CT molecular complexity index is 1260. The van der Waals surface area contributed by atoms with Gasteiger partial charge in [0.1, 0.15) is 12.1 Å². The molecule has 4 aliphatic heterocycles. The predicted octanol–water partition coefficient (Wildman–Crippen LogP) is 4.48. The van der Waals surface area contributed by atoms with Gasteiger partial charge in [0.05, 0.1) is 12.0 Å². The van der Waals surface area contributed by atoms with Gasteiger partial charge in [-0.3, -0.25) is 19.3 Å². The van der Waals surface area contributed by atoms with Gasteiger partial charge in [-0.25, -0.2) is 0 Å². The maximum Gasteiger partial charge on any atom is 0.252 e. The molecular formula is C37H56ClN5O4. The van der Waals surface area contributed by atoms with Crippen molar-refractivity contribution in [3.05, 3.63) is 34.9 Å². The van der Waals surface area contributed by atoms with E-state index in [0.717, 1.165) is 63.7 Å². The molecule has 1 aromatic carbocycles. The molecule has 5 atom stereocenters. The fraction of sp³-hybridized carbons (Fsp3) is 0.757. The van der Waals surface area contributed by atoms with Crippen LogP contribution in [-0.4, -0.2) is 131 Å². The molecule has 1 aromatic rings. The first-order valence-corrected chi connectivity index (χ1v) is 18.5. The van der Waals surface area contributed by atoms with E-state index in [9.17, 15) is 9.59 Å². The number of hydrogen-bond donors (Lipinski definition) is 0. The van der Waals surface area contributed by atoms with E-state index in [1.165, 1.54) is 0 Å². The second-order valence-corrected chi connectivity index (χ2v) is 16.5. The summed E-state index contributed by atoms with van der Waals surface area (Å²) in [6, 6.07) is 7.24. The Morgan fingerprint density at radius 1 is 0.872 bits per heavy atom. The van der Waals surface area contributed by atoms with E-state index in [4.69, 9.17) is 16.3 Å². The Balaban J connectivity index is 1.32. The van der Waals surface area contributed by atoms with Crippen molar-refractivity contribution >= 4 is 29.3 Å². The van der Waals surface area contributed by atoms with Crippen LogP contribution in [0.15, 0.2) is 24.3 Å². The number of carbonyl (C=O) groups is 3. The van der Waals surface area contributed by atoms with E-state index in [1.807, 2.05) is 34.1 Å². The molecule has 0 radical (unpaired) electrons. The Kier molecular flexibility index (Phi) is 10.6. The lowest BCUT2D eigenvalue weighted by atomic mass is 9.85. The highest BCUT2D eigenvalue weighted by Gasteiger charge is 2.51. The fourth-order valence-corrected chi connectivity index (χ4v) is 8.84. The monoisotopic (exact) mass is 669 g/mol. The lowest BCUT2D eigenvalue weighted by molar-refractivity contribution is -0.148. The van der Waals surface area contributed by atoms with Crippen LogP contribution >= 0.6 is 11.6 Å². The number of likely N-dealkylation sites (tertiary alicyclic amines) is 2. The van der Waals surface area contributed by atoms with Crippen LogP contribution < -0.4 is 0 Å². The highest BCUT2D eigenvalue weighted by molar-refractivity contribution is 6.30. The van der Waals surface area contributed by atoms with Crippen LogP contribution in [-0.2, 0) is 19.1 Å². The average molecular weight is 670 g/mol. The van der Waals surface area contributed by atoms with E-state index >= 15 is 4.79 Å². The number of rotatable bonds is 6. The van der Waals surface area contributed by atoms with Gasteiger partial charge < -0.3 is 24.3 Å². The summed E-state index contributed by atoms with van der Waals surface area (Å²) in [6.45, 7) is 14.3. The third-order valence-corrected chi connectivity index (χ3v) is 12.0. The first kappa shape index (κ1) is 34.7. The lowest BCUT2D eigenvalue weighted by Crippen LogP contribution is -2.54. The number of likely N-dealkylation sites (N-methyl/N-ethyl adjacent to an activating group) is 1. The number of carbonyl (C=O) groups excluding carboxylic acids is 3. The van der Waals surface area contributed by atoms with Gasteiger partial charge in [0.25, 0.3) is 5.91 Å². The summed E-state index contributed by atoms with van der Waals surface area (Å²) >= 11 is 6.28. The molecule has 4 heterocycles. The van der Waals surface area contributed by atoms with Crippen molar-refractivity contribution < 1.29 is 19.1 Å². The highest BCUT2D eigenvalue weighted by atomic mass is 35.5. The standard InChI is InChI=1S/C37H56ClN5O4/c1-25-8-14-28(15-9-25)43(36(46)33-7-6-20-47-33)29-21-32(35(45)40-18-16-39(5)17-19-40)42(22-29)34(44)31-24-41(37(2,3)4)23-30(31)26-10-12-27(38)13-11-26/h10-13,25,28-33H,6-9,14-24H2,1-5H3/t25?,28?,29-,30-,31+,32-,33-/m0/s1. The van der Waals surface area contributed by atoms with Gasteiger partial charge in [0.2, 0.25) is 11.8 Å². The minimum Gasteiger partial charge on any atom is -0.368 e. The number of hydrogen-bond acceptors (Lipinski definition) is 6. The van der Waals surface area contributed by atoms with Crippen LogP contribution in [0.5, 0.6) is 0 Å². The van der Waals surface area contributed by atoms with Crippen molar-refractivity contribution in [2.75, 3.05) is 59.5 Å². The molecule has 4 saturated heterocycles. The predicted molar refractivity (Wildman–Crippen MR) is 184 cm³/mol. The third-order valence-electron chi connectivity index (χ3n) is 11.8. The van der Waals surface area contributed by atoms with Gasteiger partial charge in [-0.15, -0.1) is 0 Å². The largest absolute Gasteiger partial charge is 0.368 e. The van der Waals surface area contributed by atoms with Crippen LogP contribution in [0.2, 0.25) is 5.02 Å². The number of benzene rings is 1. The van der Waals surface area contributed by atoms with Gasteiger partial charge in [0, 0.05) is 74.9 Å². The topological polar surface area (TPSA) is 76.6 Å². The quantitative estimate of drug-likeness (QED) is 0.445. The molecule has 47 heavy (non-hydrogen) atoms. The molecule has 0 spiro atoms. The van der Waals surface area contributed by atoms with Crippen LogP contribution in [0.25, 0.3) is 0 Å². The molecular weight excluding hydrogens is 614 g/mol. The number of piperazine rings is 1. The van der Waals surface area contributed by atoms with Gasteiger partial charge >= 0.3 is 0 Å². The third kappa shape index (κ3) is 7.53. The zero-order chi connectivity index (χ0) is 33.5. The summed E-state index contributed by atoms with van der Waals surface area (Å²) in [6.07, 6.45) is 5.80. The van der Waals surface area contributed by atoms with Crippen LogP contribution in [0.3, 0.4) is 0 Å². The maximum absolute atomic E-state index is 15.0. The molecule has 0 bridgehead atoms. The van der Waals surface area contributed by atoms with Crippen molar-refractivity contribution in [1.82, 2.24) is 24.5 Å². The summed E-state index contributed by atoms with van der Waals surface area (Å²) in [7, 11) is 2.08. The number of nitrogens with zero attached hydrogens (tertiary/aromatic N) is 5. The van der Waals surface area contributed by atoms with Gasteiger partial charge in [-0.05, 0) is 96.4 Å². The van der Waals surface area contributed by atoms with Crippen molar-refractivity contribution in [2.24, 2.45) is 11.8 Å². The Hall–Kier alpha value is -2.20. The normalized spacial score (nSPS) is 32.6. The summed E-state index contributed by atoms with van der Waals surface area (Å²) < 4.78 is 5.95. The van der Waals surface area contributed by atoms with Gasteiger partial charge in [-0.2, -0.15) is 0 Å². The van der Waals surface area contributed by atoms with E-state index in [0.29, 0.717) is 50.1 Å². The van der Waals surface area contributed by atoms with Crippen molar-refractivity contribution in [3.63, 3.8) is 0 Å². The van der Waals surface area contributed by atoms with E-state index in [2.05, 4.69) is 49.4 Å². The Morgan fingerprint density at radius 3 is 2.17 bits per heavy atom. The average Bonchev–Trinajstić information content (AvgIpc) is 3.83. The van der Waals surface area contributed by atoms with Crippen molar-refractivity contribution in [3.8, 4) is 0 Å². The van der Waals surface area contributed by atoms with Crippen LogP contribution in [0.4, 0.5) is 0 Å². The summed E-state index contributed by atoms with van der Waals surface area (Å²) in [4.78, 5) is 54.3. The lowest BCUT2D eigenvalue weighted by Gasteiger charge is -2.41. The second kappa shape index (κ2) is 14.3. The molecule has 0 aromatic heterocycles. The summed E-state index contributed by atoms with van der Waals surface area (Å²) in [5.74, 6) is 0.470. The molecule has 9 nitrogen and oxygen atoms in total. The Morgan fingerprint density at radius 2 is 1.55 bits per heavy atom. The zero-order valence-electron chi connectivity index (χ0n) is 29.2. The highest BCUT2D eigenvalue weighted by Crippen LogP contribution is 2.40. The van der Waals surface area contributed by atoms with Crippen LogP contribution in [0, 0.1) is 11.8 Å². The minimum atomic E-state index is -0.576. The smallest absolute Gasteiger partial charge is 0.252 e. The first-order chi connectivity index (χ1) is 22.4. The minimum absolute atomic E-state index is 0.0121. The van der Waals surface area contributed by atoms with E-state index < -0.39 is 12.1 Å². The molecule has 6 rings (SSSR count). The SMILES string of the molecule is CC1CCC(N(C(=O)[C@@H]2CCCO2)[C@H]2C[C@@H](C(=O)N3CCN(C)CC3)N(C(=O)[C@@H]3CN(C(C)(C)C)C[C@H]3c3ccc(Cl)cc3)C2)CC1. The molecule has 0 N–H and O–H groups in total. The number of halogens is 1. The number of amides is 3. The van der Waals surface area contributed by atoms with Crippen molar-refractivity contribution in [2.45, 2.75) is 108 Å².